The first-order valence-electron chi connectivity index (χ1n) is 7.50. The number of para-hydroxylation sites is 1. The molecular weight excluding hydrogens is 324 g/mol. The van der Waals surface area contributed by atoms with E-state index < -0.39 is 12.0 Å². The Morgan fingerprint density at radius 3 is 2.58 bits per heavy atom. The zero-order chi connectivity index (χ0) is 16.9. The maximum atomic E-state index is 12.0. The maximum absolute atomic E-state index is 12.0. The van der Waals surface area contributed by atoms with Crippen molar-refractivity contribution < 1.29 is 14.3 Å². The van der Waals surface area contributed by atoms with Crippen molar-refractivity contribution in [3.05, 3.63) is 65.2 Å². The number of esters is 1. The second-order valence-electron chi connectivity index (χ2n) is 5.24. The number of nitrogens with zero attached hydrogens (tertiary/aromatic N) is 1. The number of amides is 1. The largest absolute Gasteiger partial charge is 0.457 e. The van der Waals surface area contributed by atoms with Crippen LogP contribution >= 0.6 is 11.3 Å². The number of hydrogen-bond acceptors (Lipinski definition) is 5. The van der Waals surface area contributed by atoms with Gasteiger partial charge in [-0.2, -0.15) is 0 Å². The molecule has 1 aromatic heterocycles. The molecule has 0 bridgehead atoms. The number of carbonyl (C=O) groups excluding carboxylic acids is 2. The molecule has 5 nitrogen and oxygen atoms in total. The van der Waals surface area contributed by atoms with Crippen molar-refractivity contribution in [2.75, 3.05) is 0 Å². The summed E-state index contributed by atoms with van der Waals surface area (Å²) in [6, 6.07) is 15.8. The highest BCUT2D eigenvalue weighted by molar-refractivity contribution is 7.18. The maximum Gasteiger partial charge on any atom is 0.328 e. The Balaban J connectivity index is 1.55. The van der Waals surface area contributed by atoms with Gasteiger partial charge in [-0.3, -0.25) is 4.79 Å². The summed E-state index contributed by atoms with van der Waals surface area (Å²) in [7, 11) is 0. The SMILES string of the molecule is C[C@H](NC(=O)c1ccccc1)C(=O)OCc1nc2ccccc2s1. The number of nitrogens with one attached hydrogen (secondary N) is 1. The van der Waals surface area contributed by atoms with Gasteiger partial charge in [0.25, 0.3) is 5.91 Å². The number of rotatable bonds is 5. The minimum absolute atomic E-state index is 0.101. The number of hydrogen-bond donors (Lipinski definition) is 1. The first kappa shape index (κ1) is 16.1. The molecule has 0 aliphatic heterocycles. The monoisotopic (exact) mass is 340 g/mol. The highest BCUT2D eigenvalue weighted by Gasteiger charge is 2.18. The Hall–Kier alpha value is -2.73. The second kappa shape index (κ2) is 7.23. The minimum Gasteiger partial charge on any atom is -0.457 e. The summed E-state index contributed by atoms with van der Waals surface area (Å²) in [6.07, 6.45) is 0. The Morgan fingerprint density at radius 2 is 1.83 bits per heavy atom. The molecule has 6 heteroatoms. The van der Waals surface area contributed by atoms with E-state index in [0.29, 0.717) is 5.56 Å². The smallest absolute Gasteiger partial charge is 0.328 e. The van der Waals surface area contributed by atoms with E-state index in [4.69, 9.17) is 4.74 Å². The third-order valence-electron chi connectivity index (χ3n) is 3.41. The van der Waals surface area contributed by atoms with Gasteiger partial charge < -0.3 is 10.1 Å². The van der Waals surface area contributed by atoms with Gasteiger partial charge in [0.1, 0.15) is 17.7 Å². The summed E-state index contributed by atoms with van der Waals surface area (Å²) in [4.78, 5) is 28.5. The molecule has 2 aromatic carbocycles. The van der Waals surface area contributed by atoms with Gasteiger partial charge in [0.2, 0.25) is 0 Å². The van der Waals surface area contributed by atoms with Gasteiger partial charge in [0.05, 0.1) is 10.2 Å². The highest BCUT2D eigenvalue weighted by atomic mass is 32.1. The van der Waals surface area contributed by atoms with Gasteiger partial charge in [-0.25, -0.2) is 9.78 Å². The number of carbonyl (C=O) groups is 2. The van der Waals surface area contributed by atoms with Crippen molar-refractivity contribution in [1.29, 1.82) is 0 Å². The molecule has 0 unspecified atom stereocenters. The van der Waals surface area contributed by atoms with Crippen LogP contribution in [0.1, 0.15) is 22.3 Å². The van der Waals surface area contributed by atoms with Gasteiger partial charge in [-0.05, 0) is 31.2 Å². The van der Waals surface area contributed by atoms with Crippen molar-refractivity contribution in [3.8, 4) is 0 Å². The van der Waals surface area contributed by atoms with Crippen LogP contribution in [0.5, 0.6) is 0 Å². The molecule has 0 fully saturated rings. The van der Waals surface area contributed by atoms with Gasteiger partial charge in [0.15, 0.2) is 0 Å². The average Bonchev–Trinajstić information content (AvgIpc) is 3.03. The molecule has 0 aliphatic carbocycles. The summed E-state index contributed by atoms with van der Waals surface area (Å²) in [5, 5.41) is 3.36. The zero-order valence-electron chi connectivity index (χ0n) is 13.1. The van der Waals surface area contributed by atoms with Crippen LogP contribution in [0.25, 0.3) is 10.2 Å². The standard InChI is InChI=1S/C18H16N2O3S/c1-12(19-17(21)13-7-3-2-4-8-13)18(22)23-11-16-20-14-9-5-6-10-15(14)24-16/h2-10,12H,11H2,1H3,(H,19,21)/t12-/m0/s1. The Labute approximate surface area is 143 Å². The van der Waals surface area contributed by atoms with E-state index in [2.05, 4.69) is 10.3 Å². The zero-order valence-corrected chi connectivity index (χ0v) is 13.9. The van der Waals surface area contributed by atoms with E-state index in [1.54, 1.807) is 31.2 Å². The molecule has 24 heavy (non-hydrogen) atoms. The lowest BCUT2D eigenvalue weighted by molar-refractivity contribution is -0.146. The molecule has 0 spiro atoms. The summed E-state index contributed by atoms with van der Waals surface area (Å²) in [5.74, 6) is -0.793. The molecule has 1 atom stereocenters. The first-order chi connectivity index (χ1) is 11.6. The van der Waals surface area contributed by atoms with Crippen LogP contribution < -0.4 is 5.32 Å². The van der Waals surface area contributed by atoms with Gasteiger partial charge in [-0.15, -0.1) is 11.3 Å². The molecular formula is C18H16N2O3S. The van der Waals surface area contributed by atoms with E-state index in [9.17, 15) is 9.59 Å². The van der Waals surface area contributed by atoms with E-state index in [1.807, 2.05) is 30.3 Å². The lowest BCUT2D eigenvalue weighted by Crippen LogP contribution is -2.39. The summed E-state index contributed by atoms with van der Waals surface area (Å²) in [5.41, 5.74) is 1.39. The quantitative estimate of drug-likeness (QED) is 0.725. The van der Waals surface area contributed by atoms with E-state index in [1.165, 1.54) is 11.3 Å². The lowest BCUT2D eigenvalue weighted by Gasteiger charge is -2.12. The van der Waals surface area contributed by atoms with Crippen LogP contribution in [0.4, 0.5) is 0 Å². The molecule has 0 aliphatic rings. The van der Waals surface area contributed by atoms with Crippen LogP contribution in [-0.4, -0.2) is 22.9 Å². The van der Waals surface area contributed by atoms with Crippen molar-refractivity contribution in [2.24, 2.45) is 0 Å². The Bertz CT molecular complexity index is 828. The fourth-order valence-electron chi connectivity index (χ4n) is 2.17. The van der Waals surface area contributed by atoms with Crippen molar-refractivity contribution in [1.82, 2.24) is 10.3 Å². The molecule has 122 valence electrons. The van der Waals surface area contributed by atoms with Crippen molar-refractivity contribution in [3.63, 3.8) is 0 Å². The van der Waals surface area contributed by atoms with Crippen molar-refractivity contribution >= 4 is 33.4 Å². The summed E-state index contributed by atoms with van der Waals surface area (Å²) in [6.45, 7) is 1.70. The predicted octanol–water partition coefficient (Wildman–Crippen LogP) is 3.16. The molecule has 0 radical (unpaired) electrons. The van der Waals surface area contributed by atoms with Gasteiger partial charge in [-0.1, -0.05) is 30.3 Å². The molecule has 0 saturated carbocycles. The second-order valence-corrected chi connectivity index (χ2v) is 6.36. The van der Waals surface area contributed by atoms with E-state index in [-0.39, 0.29) is 12.5 Å². The van der Waals surface area contributed by atoms with Crippen molar-refractivity contribution in [2.45, 2.75) is 19.6 Å². The topological polar surface area (TPSA) is 68.3 Å². The normalized spacial score (nSPS) is 11.9. The fourth-order valence-corrected chi connectivity index (χ4v) is 3.05. The van der Waals surface area contributed by atoms with Gasteiger partial charge >= 0.3 is 5.97 Å². The molecule has 1 amide bonds. The number of fused-ring (bicyclic) bond motifs is 1. The number of thiazole rings is 1. The average molecular weight is 340 g/mol. The number of benzene rings is 2. The Kier molecular flexibility index (Phi) is 4.86. The highest BCUT2D eigenvalue weighted by Crippen LogP contribution is 2.22. The van der Waals surface area contributed by atoms with Crippen LogP contribution in [-0.2, 0) is 16.1 Å². The lowest BCUT2D eigenvalue weighted by atomic mass is 10.2. The van der Waals surface area contributed by atoms with Crippen LogP contribution in [0.15, 0.2) is 54.6 Å². The third kappa shape index (κ3) is 3.78. The first-order valence-corrected chi connectivity index (χ1v) is 8.32. The predicted molar refractivity (Wildman–Crippen MR) is 92.8 cm³/mol. The van der Waals surface area contributed by atoms with Gasteiger partial charge in [0, 0.05) is 5.56 Å². The Morgan fingerprint density at radius 1 is 1.12 bits per heavy atom. The van der Waals surface area contributed by atoms with Crippen LogP contribution in [0, 0.1) is 0 Å². The summed E-state index contributed by atoms with van der Waals surface area (Å²) < 4.78 is 6.30. The fraction of sp³-hybridized carbons (Fsp3) is 0.167. The number of ether oxygens (including phenoxy) is 1. The summed E-state index contributed by atoms with van der Waals surface area (Å²) >= 11 is 1.49. The molecule has 1 N–H and O–H groups in total. The molecule has 3 aromatic rings. The van der Waals surface area contributed by atoms with Crippen LogP contribution in [0.2, 0.25) is 0 Å². The van der Waals surface area contributed by atoms with Crippen LogP contribution in [0.3, 0.4) is 0 Å². The third-order valence-corrected chi connectivity index (χ3v) is 4.42. The minimum atomic E-state index is -0.730. The van der Waals surface area contributed by atoms with E-state index in [0.717, 1.165) is 15.2 Å². The van der Waals surface area contributed by atoms with E-state index >= 15 is 0 Å². The molecule has 3 rings (SSSR count). The number of aromatic nitrogens is 1. The molecule has 1 heterocycles. The molecule has 0 saturated heterocycles.